The number of amides is 1. The van der Waals surface area contributed by atoms with Crippen molar-refractivity contribution >= 4 is 39.7 Å². The van der Waals surface area contributed by atoms with Crippen LogP contribution < -0.4 is 11.0 Å². The fraction of sp³-hybridized carbons (Fsp3) is 0.0769. The van der Waals surface area contributed by atoms with E-state index in [9.17, 15) is 9.59 Å². The first kappa shape index (κ1) is 13.7. The molecule has 106 valence electrons. The van der Waals surface area contributed by atoms with Gasteiger partial charge in [-0.3, -0.25) is 20.0 Å². The maximum atomic E-state index is 12.4. The maximum absolute atomic E-state index is 12.4. The lowest BCUT2D eigenvalue weighted by atomic mass is 10.3. The fourth-order valence-corrected chi connectivity index (χ4v) is 3.09. The molecule has 0 aromatic carbocycles. The van der Waals surface area contributed by atoms with Crippen molar-refractivity contribution in [1.82, 2.24) is 14.6 Å². The van der Waals surface area contributed by atoms with Gasteiger partial charge in [0.05, 0.1) is 10.9 Å². The van der Waals surface area contributed by atoms with E-state index in [2.05, 4.69) is 15.4 Å². The van der Waals surface area contributed by atoms with Crippen molar-refractivity contribution in [2.75, 3.05) is 5.43 Å². The van der Waals surface area contributed by atoms with Gasteiger partial charge in [0.1, 0.15) is 4.83 Å². The fourth-order valence-electron chi connectivity index (χ4n) is 1.90. The molecule has 0 fully saturated rings. The predicted molar refractivity (Wildman–Crippen MR) is 83.9 cm³/mol. The Labute approximate surface area is 128 Å². The third-order valence-electron chi connectivity index (χ3n) is 2.85. The van der Waals surface area contributed by atoms with Crippen molar-refractivity contribution in [2.24, 2.45) is 0 Å². The van der Waals surface area contributed by atoms with Crippen molar-refractivity contribution in [2.45, 2.75) is 6.92 Å². The van der Waals surface area contributed by atoms with Crippen LogP contribution in [0.1, 0.15) is 15.2 Å². The number of hydrogen-bond acceptors (Lipinski definition) is 5. The average molecular weight is 318 g/mol. The van der Waals surface area contributed by atoms with Crippen LogP contribution >= 0.6 is 23.6 Å². The molecule has 1 amide bonds. The molecule has 0 atom stereocenters. The molecule has 3 aromatic heterocycles. The minimum atomic E-state index is -0.448. The molecule has 3 rings (SSSR count). The van der Waals surface area contributed by atoms with Crippen LogP contribution in [0.3, 0.4) is 0 Å². The molecule has 6 nitrogen and oxygen atoms in total. The second-order valence-corrected chi connectivity index (χ2v) is 6.00. The van der Waals surface area contributed by atoms with Gasteiger partial charge in [0.25, 0.3) is 11.5 Å². The number of rotatable bonds is 2. The second kappa shape index (κ2) is 5.23. The molecule has 21 heavy (non-hydrogen) atoms. The molecular weight excluding hydrogens is 308 g/mol. The summed E-state index contributed by atoms with van der Waals surface area (Å²) in [6.07, 6.45) is 2.98. The zero-order valence-corrected chi connectivity index (χ0v) is 12.5. The van der Waals surface area contributed by atoms with Gasteiger partial charge in [0.15, 0.2) is 0 Å². The van der Waals surface area contributed by atoms with Crippen LogP contribution in [0.5, 0.6) is 0 Å². The topological polar surface area (TPSA) is 79.8 Å². The first-order valence-electron chi connectivity index (χ1n) is 6.03. The van der Waals surface area contributed by atoms with E-state index >= 15 is 0 Å². The van der Waals surface area contributed by atoms with Crippen LogP contribution in [0.2, 0.25) is 0 Å². The molecular formula is C13H10N4O2S2. The summed E-state index contributed by atoms with van der Waals surface area (Å²) in [6.45, 7) is 1.90. The molecule has 0 unspecified atom stereocenters. The normalized spacial score (nSPS) is 10.7. The highest BCUT2D eigenvalue weighted by atomic mass is 32.1. The number of fused-ring (bicyclic) bond motifs is 1. The Morgan fingerprint density at radius 3 is 3.05 bits per heavy atom. The highest BCUT2D eigenvalue weighted by Gasteiger charge is 2.12. The third-order valence-corrected chi connectivity index (χ3v) is 4.10. The quantitative estimate of drug-likeness (QED) is 0.710. The van der Waals surface area contributed by atoms with E-state index in [-0.39, 0.29) is 10.3 Å². The van der Waals surface area contributed by atoms with Crippen LogP contribution in [0, 0.1) is 11.7 Å². The van der Waals surface area contributed by atoms with Gasteiger partial charge in [0.2, 0.25) is 4.77 Å². The van der Waals surface area contributed by atoms with E-state index < -0.39 is 5.91 Å². The van der Waals surface area contributed by atoms with E-state index in [1.54, 1.807) is 24.4 Å². The van der Waals surface area contributed by atoms with Gasteiger partial charge in [0, 0.05) is 17.3 Å². The predicted octanol–water partition coefficient (Wildman–Crippen LogP) is 2.21. The average Bonchev–Trinajstić information content (AvgIpc) is 2.85. The summed E-state index contributed by atoms with van der Waals surface area (Å²) >= 11 is 6.57. The van der Waals surface area contributed by atoms with Gasteiger partial charge >= 0.3 is 0 Å². The monoisotopic (exact) mass is 318 g/mol. The van der Waals surface area contributed by atoms with Gasteiger partial charge in [-0.1, -0.05) is 0 Å². The Morgan fingerprint density at radius 1 is 1.52 bits per heavy atom. The molecule has 0 radical (unpaired) electrons. The number of carbonyl (C=O) groups is 1. The van der Waals surface area contributed by atoms with Crippen LogP contribution in [0.25, 0.3) is 10.2 Å². The van der Waals surface area contributed by atoms with Crippen LogP contribution in [0.15, 0.2) is 35.4 Å². The molecule has 0 aliphatic carbocycles. The second-order valence-electron chi connectivity index (χ2n) is 4.35. The molecule has 0 saturated heterocycles. The van der Waals surface area contributed by atoms with Crippen LogP contribution in [-0.2, 0) is 0 Å². The first-order chi connectivity index (χ1) is 10.1. The summed E-state index contributed by atoms with van der Waals surface area (Å²) in [5.74, 6) is -0.448. The number of hydrogen-bond donors (Lipinski definition) is 2. The molecule has 0 spiro atoms. The molecule has 8 heteroatoms. The summed E-state index contributed by atoms with van der Waals surface area (Å²) in [5, 5.41) is 0.498. The minimum Gasteiger partial charge on any atom is -0.322 e. The van der Waals surface area contributed by atoms with Gasteiger partial charge < -0.3 is 4.98 Å². The minimum absolute atomic E-state index is 0.145. The van der Waals surface area contributed by atoms with E-state index in [0.717, 1.165) is 9.55 Å². The number of carbonyl (C=O) groups excluding carboxylic acids is 1. The molecule has 0 saturated carbocycles. The number of nitrogens with one attached hydrogen (secondary N) is 2. The van der Waals surface area contributed by atoms with Crippen molar-refractivity contribution in [1.29, 1.82) is 0 Å². The molecule has 3 aromatic rings. The molecule has 0 aliphatic heterocycles. The molecule has 2 N–H and O–H groups in total. The van der Waals surface area contributed by atoms with Crippen molar-refractivity contribution in [3.8, 4) is 0 Å². The number of thiophene rings is 1. The number of pyridine rings is 1. The largest absolute Gasteiger partial charge is 0.322 e. The van der Waals surface area contributed by atoms with Gasteiger partial charge in [-0.25, -0.2) is 0 Å². The number of aromatic nitrogens is 3. The lowest BCUT2D eigenvalue weighted by Gasteiger charge is -2.08. The maximum Gasteiger partial charge on any atom is 0.282 e. The van der Waals surface area contributed by atoms with Crippen LogP contribution in [-0.4, -0.2) is 20.6 Å². The smallest absolute Gasteiger partial charge is 0.282 e. The Kier molecular flexibility index (Phi) is 3.40. The lowest BCUT2D eigenvalue weighted by molar-refractivity contribution is 0.101. The Balaban J connectivity index is 2.07. The van der Waals surface area contributed by atoms with E-state index in [4.69, 9.17) is 12.2 Å². The summed E-state index contributed by atoms with van der Waals surface area (Å²) in [5.41, 5.74) is 2.49. The van der Waals surface area contributed by atoms with Crippen molar-refractivity contribution in [3.05, 3.63) is 56.2 Å². The van der Waals surface area contributed by atoms with Crippen molar-refractivity contribution < 1.29 is 4.79 Å². The number of aryl methyl sites for hydroxylation is 1. The SMILES string of the molecule is Cc1cc2c(=O)n(NC(=O)c3cccnc3)c(=S)[nH]c2s1. The third kappa shape index (κ3) is 2.50. The Bertz CT molecular complexity index is 940. The van der Waals surface area contributed by atoms with E-state index in [1.165, 1.54) is 17.5 Å². The molecule has 0 bridgehead atoms. The molecule has 3 heterocycles. The number of nitrogens with zero attached hydrogens (tertiary/aromatic N) is 2. The standard InChI is InChI=1S/C13H10N4O2S2/c1-7-5-9-11(21-7)15-13(20)17(12(9)19)16-10(18)8-3-2-4-14-6-8/h2-6H,1H3,(H,15,20)(H,16,18). The molecule has 0 aliphatic rings. The highest BCUT2D eigenvalue weighted by molar-refractivity contribution is 7.71. The summed E-state index contributed by atoms with van der Waals surface area (Å²) in [4.78, 5) is 33.0. The number of H-pyrrole nitrogens is 1. The lowest BCUT2D eigenvalue weighted by Crippen LogP contribution is -2.34. The van der Waals surface area contributed by atoms with Gasteiger partial charge in [-0.05, 0) is 37.3 Å². The summed E-state index contributed by atoms with van der Waals surface area (Å²) < 4.78 is 1.19. The van der Waals surface area contributed by atoms with Gasteiger partial charge in [-0.2, -0.15) is 4.68 Å². The summed E-state index contributed by atoms with van der Waals surface area (Å²) in [6, 6.07) is 5.01. The Hall–Kier alpha value is -2.32. The van der Waals surface area contributed by atoms with Crippen molar-refractivity contribution in [3.63, 3.8) is 0 Å². The van der Waals surface area contributed by atoms with Gasteiger partial charge in [-0.15, -0.1) is 11.3 Å². The number of aromatic amines is 1. The zero-order valence-electron chi connectivity index (χ0n) is 10.9. The first-order valence-corrected chi connectivity index (χ1v) is 7.25. The van der Waals surface area contributed by atoms with Crippen LogP contribution in [0.4, 0.5) is 0 Å². The summed E-state index contributed by atoms with van der Waals surface area (Å²) in [7, 11) is 0. The highest BCUT2D eigenvalue weighted by Crippen LogP contribution is 2.19. The van der Waals surface area contributed by atoms with E-state index in [1.807, 2.05) is 6.92 Å². The Morgan fingerprint density at radius 2 is 2.33 bits per heavy atom. The zero-order chi connectivity index (χ0) is 15.0. The van der Waals surface area contributed by atoms with E-state index in [0.29, 0.717) is 15.8 Å².